The van der Waals surface area contributed by atoms with Crippen molar-refractivity contribution >= 4 is 23.5 Å². The summed E-state index contributed by atoms with van der Waals surface area (Å²) in [5, 5.41) is 12.4. The molecule has 1 saturated heterocycles. The van der Waals surface area contributed by atoms with Crippen LogP contribution in [0.4, 0.5) is 8.78 Å². The number of rotatable bonds is 6. The van der Waals surface area contributed by atoms with Gasteiger partial charge in [0.15, 0.2) is 18.2 Å². The molecule has 1 aliphatic rings. The number of hydrogen-bond donors (Lipinski definition) is 2. The van der Waals surface area contributed by atoms with Gasteiger partial charge >= 0.3 is 5.97 Å². The number of aliphatic carboxylic acids is 1. The Morgan fingerprint density at radius 2 is 1.81 bits per heavy atom. The topological polar surface area (TPSA) is 84.9 Å². The van der Waals surface area contributed by atoms with E-state index >= 15 is 0 Å². The van der Waals surface area contributed by atoms with Crippen LogP contribution in [0.1, 0.15) is 50.0 Å². The van der Waals surface area contributed by atoms with E-state index in [0.717, 1.165) is 17.7 Å². The molecular formula is C22H22ClF2NO5. The summed E-state index contributed by atoms with van der Waals surface area (Å²) in [5.41, 5.74) is 0.227. The Labute approximate surface area is 183 Å². The molecule has 3 rings (SSSR count). The van der Waals surface area contributed by atoms with E-state index in [1.807, 2.05) is 6.92 Å². The zero-order valence-corrected chi connectivity index (χ0v) is 17.7. The van der Waals surface area contributed by atoms with Gasteiger partial charge in [-0.1, -0.05) is 23.7 Å². The minimum absolute atomic E-state index is 0.131. The quantitative estimate of drug-likeness (QED) is 0.669. The number of halogens is 3. The van der Waals surface area contributed by atoms with E-state index < -0.39 is 42.0 Å². The van der Waals surface area contributed by atoms with Gasteiger partial charge in [0.2, 0.25) is 5.91 Å². The number of amides is 1. The number of carbonyl (C=O) groups excluding carboxylic acids is 1. The molecule has 31 heavy (non-hydrogen) atoms. The van der Waals surface area contributed by atoms with Crippen LogP contribution in [0.5, 0.6) is 5.75 Å². The van der Waals surface area contributed by atoms with Crippen LogP contribution >= 0.6 is 11.6 Å². The van der Waals surface area contributed by atoms with Crippen molar-refractivity contribution in [3.8, 4) is 5.75 Å². The highest BCUT2D eigenvalue weighted by molar-refractivity contribution is 6.30. The van der Waals surface area contributed by atoms with Gasteiger partial charge in [0, 0.05) is 42.0 Å². The zero-order valence-electron chi connectivity index (χ0n) is 17.0. The number of carboxylic acid groups (broad SMARTS) is 1. The van der Waals surface area contributed by atoms with E-state index in [1.54, 1.807) is 24.3 Å². The Morgan fingerprint density at radius 1 is 1.19 bits per heavy atom. The highest BCUT2D eigenvalue weighted by Crippen LogP contribution is 2.46. The minimum Gasteiger partial charge on any atom is -0.481 e. The van der Waals surface area contributed by atoms with Crippen molar-refractivity contribution in [2.75, 3.05) is 6.61 Å². The summed E-state index contributed by atoms with van der Waals surface area (Å²) in [4.78, 5) is 22.7. The fraction of sp³-hybridized carbons (Fsp3) is 0.364. The van der Waals surface area contributed by atoms with Gasteiger partial charge in [0.05, 0.1) is 12.2 Å². The molecule has 0 bridgehead atoms. The predicted molar refractivity (Wildman–Crippen MR) is 109 cm³/mol. The summed E-state index contributed by atoms with van der Waals surface area (Å²) < 4.78 is 39.3. The van der Waals surface area contributed by atoms with E-state index in [9.17, 15) is 18.4 Å². The monoisotopic (exact) mass is 453 g/mol. The number of carbonyl (C=O) groups is 2. The SMILES string of the molecule is CC(=O)N[C@]1(C)C[C@@H](c2ccc(Cl)cc2)O[C@@H](c2cc(F)c(F)cc2OCC(=O)O)C1. The Kier molecular flexibility index (Phi) is 6.81. The predicted octanol–water partition coefficient (Wildman–Crippen LogP) is 4.57. The van der Waals surface area contributed by atoms with Crippen LogP contribution in [-0.2, 0) is 14.3 Å². The number of nitrogens with one attached hydrogen (secondary N) is 1. The first kappa shape index (κ1) is 23.0. The second-order valence-electron chi connectivity index (χ2n) is 7.80. The third kappa shape index (κ3) is 5.71. The molecule has 0 spiro atoms. The lowest BCUT2D eigenvalue weighted by molar-refractivity contribution is -0.139. The summed E-state index contributed by atoms with van der Waals surface area (Å²) in [6.45, 7) is 2.50. The summed E-state index contributed by atoms with van der Waals surface area (Å²) in [7, 11) is 0. The van der Waals surface area contributed by atoms with E-state index in [-0.39, 0.29) is 23.6 Å². The van der Waals surface area contributed by atoms with E-state index in [4.69, 9.17) is 26.2 Å². The van der Waals surface area contributed by atoms with Crippen LogP contribution in [0.3, 0.4) is 0 Å². The molecule has 1 fully saturated rings. The molecule has 0 aromatic heterocycles. The number of benzene rings is 2. The maximum Gasteiger partial charge on any atom is 0.341 e. The lowest BCUT2D eigenvalue weighted by Crippen LogP contribution is -2.50. The third-order valence-corrected chi connectivity index (χ3v) is 5.32. The van der Waals surface area contributed by atoms with Crippen LogP contribution in [0.2, 0.25) is 5.02 Å². The van der Waals surface area contributed by atoms with Gasteiger partial charge in [-0.3, -0.25) is 4.79 Å². The number of hydrogen-bond acceptors (Lipinski definition) is 4. The molecular weight excluding hydrogens is 432 g/mol. The Hall–Kier alpha value is -2.71. The molecule has 2 N–H and O–H groups in total. The molecule has 2 aromatic carbocycles. The van der Waals surface area contributed by atoms with Gasteiger partial charge in [-0.25, -0.2) is 13.6 Å². The molecule has 6 nitrogen and oxygen atoms in total. The first-order valence-corrected chi connectivity index (χ1v) is 9.97. The molecule has 0 radical (unpaired) electrons. The van der Waals surface area contributed by atoms with Crippen LogP contribution in [0, 0.1) is 11.6 Å². The van der Waals surface area contributed by atoms with Gasteiger partial charge in [-0.2, -0.15) is 0 Å². The Balaban J connectivity index is 2.01. The Bertz CT molecular complexity index is 985. The van der Waals surface area contributed by atoms with Gasteiger partial charge in [0.25, 0.3) is 0 Å². The normalized spacial score (nSPS) is 23.3. The van der Waals surface area contributed by atoms with Crippen molar-refractivity contribution in [2.24, 2.45) is 0 Å². The smallest absolute Gasteiger partial charge is 0.341 e. The van der Waals surface area contributed by atoms with Crippen molar-refractivity contribution in [3.05, 3.63) is 64.2 Å². The lowest BCUT2D eigenvalue weighted by Gasteiger charge is -2.43. The number of carboxylic acids is 1. The first-order valence-electron chi connectivity index (χ1n) is 9.59. The van der Waals surface area contributed by atoms with Gasteiger partial charge in [0.1, 0.15) is 5.75 Å². The molecule has 0 saturated carbocycles. The first-order chi connectivity index (χ1) is 14.6. The maximum atomic E-state index is 14.1. The minimum atomic E-state index is -1.26. The van der Waals surface area contributed by atoms with E-state index in [2.05, 4.69) is 5.32 Å². The van der Waals surface area contributed by atoms with E-state index in [1.165, 1.54) is 6.92 Å². The van der Waals surface area contributed by atoms with Gasteiger partial charge in [-0.15, -0.1) is 0 Å². The molecule has 9 heteroatoms. The highest BCUT2D eigenvalue weighted by Gasteiger charge is 2.41. The second kappa shape index (κ2) is 9.20. The van der Waals surface area contributed by atoms with Gasteiger partial charge in [-0.05, 0) is 30.7 Å². The summed E-state index contributed by atoms with van der Waals surface area (Å²) in [5.74, 6) is -3.92. The van der Waals surface area contributed by atoms with Crippen molar-refractivity contribution in [2.45, 2.75) is 44.4 Å². The van der Waals surface area contributed by atoms with Crippen LogP contribution in [0.15, 0.2) is 36.4 Å². The zero-order chi connectivity index (χ0) is 22.8. The standard InChI is InChI=1S/C22H22ClF2NO5/c1-12(27)26-22(2)9-19(13-3-5-14(23)6-4-13)31-20(10-22)15-7-16(24)17(25)8-18(15)30-11-21(28)29/h3-8,19-20H,9-11H2,1-2H3,(H,26,27)(H,28,29)/t19-,20+,22+/m0/s1. The summed E-state index contributed by atoms with van der Waals surface area (Å²) in [6.07, 6.45) is -0.622. The molecule has 2 aromatic rings. The fourth-order valence-corrected chi connectivity index (χ4v) is 3.97. The summed E-state index contributed by atoms with van der Waals surface area (Å²) in [6, 6.07) is 8.73. The molecule has 1 amide bonds. The molecule has 1 heterocycles. The average Bonchev–Trinajstić information content (AvgIpc) is 2.67. The molecule has 0 unspecified atom stereocenters. The van der Waals surface area contributed by atoms with Crippen molar-refractivity contribution in [1.29, 1.82) is 0 Å². The van der Waals surface area contributed by atoms with Crippen molar-refractivity contribution < 1.29 is 33.0 Å². The fourth-order valence-electron chi connectivity index (χ4n) is 3.84. The average molecular weight is 454 g/mol. The summed E-state index contributed by atoms with van der Waals surface area (Å²) >= 11 is 5.97. The Morgan fingerprint density at radius 3 is 2.42 bits per heavy atom. The third-order valence-electron chi connectivity index (χ3n) is 5.07. The van der Waals surface area contributed by atoms with Crippen LogP contribution < -0.4 is 10.1 Å². The molecule has 1 aliphatic heterocycles. The number of ether oxygens (including phenoxy) is 2. The van der Waals surface area contributed by atoms with Gasteiger partial charge < -0.3 is 19.9 Å². The molecule has 166 valence electrons. The maximum absolute atomic E-state index is 14.1. The second-order valence-corrected chi connectivity index (χ2v) is 8.24. The molecule has 0 aliphatic carbocycles. The highest BCUT2D eigenvalue weighted by atomic mass is 35.5. The lowest BCUT2D eigenvalue weighted by atomic mass is 9.81. The molecule has 3 atom stereocenters. The van der Waals surface area contributed by atoms with Crippen molar-refractivity contribution in [3.63, 3.8) is 0 Å². The van der Waals surface area contributed by atoms with Crippen molar-refractivity contribution in [1.82, 2.24) is 5.32 Å². The van der Waals surface area contributed by atoms with Crippen LogP contribution in [-0.4, -0.2) is 29.1 Å². The largest absolute Gasteiger partial charge is 0.481 e. The van der Waals surface area contributed by atoms with E-state index in [0.29, 0.717) is 11.4 Å². The van der Waals surface area contributed by atoms with Crippen LogP contribution in [0.25, 0.3) is 0 Å².